The molecule has 1 saturated heterocycles. The molecule has 7 heteroatoms. The molecule has 34 heavy (non-hydrogen) atoms. The van der Waals surface area contributed by atoms with Gasteiger partial charge in [-0.3, -0.25) is 0 Å². The van der Waals surface area contributed by atoms with E-state index in [1.54, 1.807) is 30.3 Å². The predicted molar refractivity (Wildman–Crippen MR) is 124 cm³/mol. The fourth-order valence-corrected chi connectivity index (χ4v) is 3.85. The number of benzene rings is 3. The van der Waals surface area contributed by atoms with Gasteiger partial charge in [0.2, 0.25) is 0 Å². The molecular weight excluding hydrogens is 436 g/mol. The van der Waals surface area contributed by atoms with E-state index in [0.717, 1.165) is 11.1 Å². The number of aliphatic hydroxyl groups excluding tert-OH is 2. The van der Waals surface area contributed by atoms with Crippen molar-refractivity contribution in [2.24, 2.45) is 0 Å². The first-order valence-electron chi connectivity index (χ1n) is 11.2. The lowest BCUT2D eigenvalue weighted by molar-refractivity contribution is -0.306. The standard InChI is InChI=1S/C27H28O7/c28-16-22-23(34-26(29)21-14-8-3-9-15-21)24(31-17-19-10-4-1-5-11-19)25(27(30)33-22)32-18-20-12-6-2-7-13-20/h1-15,22-25,27-28,30H,16-18H2/t22-,23-,24+,25-,27+/m1/s1. The maximum absolute atomic E-state index is 12.8. The van der Waals surface area contributed by atoms with Crippen LogP contribution in [0.25, 0.3) is 0 Å². The first-order valence-corrected chi connectivity index (χ1v) is 11.2. The Bertz CT molecular complexity index is 1010. The van der Waals surface area contributed by atoms with Gasteiger partial charge < -0.3 is 29.2 Å². The van der Waals surface area contributed by atoms with Gasteiger partial charge in [-0.15, -0.1) is 0 Å². The highest BCUT2D eigenvalue weighted by Gasteiger charge is 2.49. The summed E-state index contributed by atoms with van der Waals surface area (Å²) in [5.41, 5.74) is 2.16. The van der Waals surface area contributed by atoms with Crippen LogP contribution in [0.3, 0.4) is 0 Å². The topological polar surface area (TPSA) is 94.5 Å². The lowest BCUT2D eigenvalue weighted by Crippen LogP contribution is -2.61. The summed E-state index contributed by atoms with van der Waals surface area (Å²) in [5, 5.41) is 20.6. The number of esters is 1. The van der Waals surface area contributed by atoms with Crippen LogP contribution in [-0.2, 0) is 32.2 Å². The molecule has 7 nitrogen and oxygen atoms in total. The van der Waals surface area contributed by atoms with Crippen LogP contribution < -0.4 is 0 Å². The number of rotatable bonds is 9. The van der Waals surface area contributed by atoms with Gasteiger partial charge in [0.15, 0.2) is 12.4 Å². The summed E-state index contributed by atoms with van der Waals surface area (Å²) in [7, 11) is 0. The molecule has 1 heterocycles. The molecule has 0 saturated carbocycles. The van der Waals surface area contributed by atoms with Crippen LogP contribution >= 0.6 is 0 Å². The number of hydrogen-bond donors (Lipinski definition) is 2. The maximum Gasteiger partial charge on any atom is 0.338 e. The van der Waals surface area contributed by atoms with E-state index in [1.807, 2.05) is 60.7 Å². The van der Waals surface area contributed by atoms with Crippen molar-refractivity contribution in [3.63, 3.8) is 0 Å². The Morgan fingerprint density at radius 3 is 1.76 bits per heavy atom. The SMILES string of the molecule is O=C(O[C@H]1[C@H](OCc2ccccc2)[C@@H](OCc2ccccc2)[C@@H](O)O[C@@H]1CO)c1ccccc1. The highest BCUT2D eigenvalue weighted by molar-refractivity contribution is 5.89. The Kier molecular flexibility index (Phi) is 8.41. The Balaban J connectivity index is 1.57. The smallest absolute Gasteiger partial charge is 0.338 e. The number of ether oxygens (including phenoxy) is 4. The Morgan fingerprint density at radius 1 is 0.735 bits per heavy atom. The summed E-state index contributed by atoms with van der Waals surface area (Å²) < 4.78 is 23.6. The summed E-state index contributed by atoms with van der Waals surface area (Å²) >= 11 is 0. The zero-order chi connectivity index (χ0) is 23.8. The molecular formula is C27H28O7. The molecule has 3 aromatic rings. The summed E-state index contributed by atoms with van der Waals surface area (Å²) in [6.07, 6.45) is -5.23. The third-order valence-corrected chi connectivity index (χ3v) is 5.61. The zero-order valence-corrected chi connectivity index (χ0v) is 18.6. The summed E-state index contributed by atoms with van der Waals surface area (Å²) in [6.45, 7) is -0.0817. The number of hydrogen-bond acceptors (Lipinski definition) is 7. The van der Waals surface area contributed by atoms with E-state index in [9.17, 15) is 15.0 Å². The number of carbonyl (C=O) groups excluding carboxylic acids is 1. The van der Waals surface area contributed by atoms with E-state index < -0.39 is 43.3 Å². The van der Waals surface area contributed by atoms with Gasteiger partial charge in [0, 0.05) is 0 Å². The monoisotopic (exact) mass is 464 g/mol. The van der Waals surface area contributed by atoms with Crippen molar-refractivity contribution >= 4 is 5.97 Å². The van der Waals surface area contributed by atoms with Gasteiger partial charge in [0.25, 0.3) is 0 Å². The Labute approximate surface area is 198 Å². The quantitative estimate of drug-likeness (QED) is 0.470. The second-order valence-electron chi connectivity index (χ2n) is 8.01. The molecule has 178 valence electrons. The molecule has 3 aromatic carbocycles. The minimum Gasteiger partial charge on any atom is -0.453 e. The van der Waals surface area contributed by atoms with Gasteiger partial charge in [0.05, 0.1) is 25.4 Å². The van der Waals surface area contributed by atoms with Crippen molar-refractivity contribution in [3.8, 4) is 0 Å². The summed E-state index contributed by atoms with van der Waals surface area (Å²) in [6, 6.07) is 27.5. The molecule has 5 atom stereocenters. The van der Waals surface area contributed by atoms with Gasteiger partial charge >= 0.3 is 5.97 Å². The maximum atomic E-state index is 12.8. The average Bonchev–Trinajstić information content (AvgIpc) is 2.89. The van der Waals surface area contributed by atoms with Gasteiger partial charge in [0.1, 0.15) is 18.3 Å². The normalized spacial score (nSPS) is 24.5. The molecule has 1 fully saturated rings. The van der Waals surface area contributed by atoms with Crippen LogP contribution in [0.5, 0.6) is 0 Å². The minimum absolute atomic E-state index is 0.195. The van der Waals surface area contributed by atoms with Crippen molar-refractivity contribution in [2.75, 3.05) is 6.61 Å². The Hall–Kier alpha value is -3.07. The van der Waals surface area contributed by atoms with Crippen molar-refractivity contribution < 1.29 is 34.0 Å². The van der Waals surface area contributed by atoms with Crippen LogP contribution in [0, 0.1) is 0 Å². The molecule has 0 unspecified atom stereocenters. The molecule has 0 bridgehead atoms. The third kappa shape index (κ3) is 6.08. The van der Waals surface area contributed by atoms with Gasteiger partial charge in [-0.1, -0.05) is 78.9 Å². The Morgan fingerprint density at radius 2 is 1.24 bits per heavy atom. The van der Waals surface area contributed by atoms with Crippen molar-refractivity contribution in [1.82, 2.24) is 0 Å². The van der Waals surface area contributed by atoms with Crippen molar-refractivity contribution in [1.29, 1.82) is 0 Å². The lowest BCUT2D eigenvalue weighted by atomic mass is 9.98. The van der Waals surface area contributed by atoms with Crippen LogP contribution in [0.15, 0.2) is 91.0 Å². The predicted octanol–water partition coefficient (Wildman–Crippen LogP) is 3.09. The second-order valence-corrected chi connectivity index (χ2v) is 8.01. The zero-order valence-electron chi connectivity index (χ0n) is 18.6. The molecule has 0 spiro atoms. The largest absolute Gasteiger partial charge is 0.453 e. The van der Waals surface area contributed by atoms with Crippen molar-refractivity contribution in [3.05, 3.63) is 108 Å². The van der Waals surface area contributed by atoms with Crippen LogP contribution in [0.4, 0.5) is 0 Å². The first kappa shape index (κ1) is 24.1. The third-order valence-electron chi connectivity index (χ3n) is 5.61. The fourth-order valence-electron chi connectivity index (χ4n) is 3.85. The van der Waals surface area contributed by atoms with Crippen LogP contribution in [0.1, 0.15) is 21.5 Å². The van der Waals surface area contributed by atoms with Gasteiger partial charge in [-0.05, 0) is 23.3 Å². The van der Waals surface area contributed by atoms with E-state index >= 15 is 0 Å². The molecule has 0 radical (unpaired) electrons. The molecule has 1 aliphatic rings. The molecule has 4 rings (SSSR count). The van der Waals surface area contributed by atoms with Gasteiger partial charge in [-0.2, -0.15) is 0 Å². The molecule has 0 aliphatic carbocycles. The van der Waals surface area contributed by atoms with E-state index in [4.69, 9.17) is 18.9 Å². The molecule has 1 aliphatic heterocycles. The van der Waals surface area contributed by atoms with Gasteiger partial charge in [-0.25, -0.2) is 4.79 Å². The molecule has 0 aromatic heterocycles. The average molecular weight is 465 g/mol. The van der Waals surface area contributed by atoms with Crippen LogP contribution in [-0.4, -0.2) is 53.5 Å². The first-order chi connectivity index (χ1) is 16.7. The summed E-state index contributed by atoms with van der Waals surface area (Å²) in [5.74, 6) is -0.584. The second kappa shape index (κ2) is 11.9. The van der Waals surface area contributed by atoms with E-state index in [-0.39, 0.29) is 13.2 Å². The van der Waals surface area contributed by atoms with Crippen molar-refractivity contribution in [2.45, 2.75) is 43.9 Å². The van der Waals surface area contributed by atoms with E-state index in [0.29, 0.717) is 5.56 Å². The molecule has 2 N–H and O–H groups in total. The number of aliphatic hydroxyl groups is 2. The van der Waals surface area contributed by atoms with E-state index in [1.165, 1.54) is 0 Å². The highest BCUT2D eigenvalue weighted by Crippen LogP contribution is 2.29. The minimum atomic E-state index is -1.38. The van der Waals surface area contributed by atoms with E-state index in [2.05, 4.69) is 0 Å². The lowest BCUT2D eigenvalue weighted by Gasteiger charge is -2.43. The summed E-state index contributed by atoms with van der Waals surface area (Å²) in [4.78, 5) is 12.8. The molecule has 0 amide bonds. The highest BCUT2D eigenvalue weighted by atomic mass is 16.7. The fraction of sp³-hybridized carbons (Fsp3) is 0.296. The van der Waals surface area contributed by atoms with Crippen LogP contribution in [0.2, 0.25) is 0 Å². The number of carbonyl (C=O) groups is 1.